The predicted octanol–water partition coefficient (Wildman–Crippen LogP) is 1.10. The zero-order chi connectivity index (χ0) is 19.9. The molecule has 1 fully saturated rings. The van der Waals surface area contributed by atoms with Crippen LogP contribution < -0.4 is 0 Å². The molecule has 0 bridgehead atoms. The Morgan fingerprint density at radius 2 is 1.69 bits per heavy atom. The minimum Gasteiger partial charge on any atom is -0.463 e. The number of ether oxygens (including phenoxy) is 4. The Labute approximate surface area is 153 Å². The van der Waals surface area contributed by atoms with Gasteiger partial charge in [0.15, 0.2) is 5.12 Å². The van der Waals surface area contributed by atoms with Crippen LogP contribution in [0.5, 0.6) is 0 Å². The average Bonchev–Trinajstić information content (AvgIpc) is 2.49. The molecule has 1 saturated heterocycles. The van der Waals surface area contributed by atoms with E-state index in [1.165, 1.54) is 13.8 Å². The van der Waals surface area contributed by atoms with E-state index in [9.17, 15) is 19.2 Å². The standard InChI is InChI=1S/C14H19N3O8S/c1-6(18)22-5-10-12(23-7(2)19)13(26-9(4)21)11(16-17-15)14(25-10)24-8(3)20/h10-14H,5H2,1-4H3/t10-,11+,12-,13-,14+/m1/s1. The Morgan fingerprint density at radius 1 is 1.08 bits per heavy atom. The summed E-state index contributed by atoms with van der Waals surface area (Å²) >= 11 is 0.750. The first-order chi connectivity index (χ1) is 12.1. The summed E-state index contributed by atoms with van der Waals surface area (Å²) < 4.78 is 20.7. The van der Waals surface area contributed by atoms with Crippen LogP contribution in [0.1, 0.15) is 27.7 Å². The molecule has 5 atom stereocenters. The van der Waals surface area contributed by atoms with Crippen LogP contribution in [0.3, 0.4) is 0 Å². The van der Waals surface area contributed by atoms with Crippen molar-refractivity contribution in [3.05, 3.63) is 10.4 Å². The van der Waals surface area contributed by atoms with E-state index in [4.69, 9.17) is 24.5 Å². The summed E-state index contributed by atoms with van der Waals surface area (Å²) in [4.78, 5) is 48.3. The molecule has 0 amide bonds. The van der Waals surface area contributed by atoms with E-state index in [-0.39, 0.29) is 11.7 Å². The Hall–Kier alpha value is -2.30. The molecule has 0 spiro atoms. The van der Waals surface area contributed by atoms with Crippen molar-refractivity contribution in [2.45, 2.75) is 57.5 Å². The van der Waals surface area contributed by atoms with Gasteiger partial charge in [0.2, 0.25) is 6.29 Å². The van der Waals surface area contributed by atoms with Crippen molar-refractivity contribution in [3.63, 3.8) is 0 Å². The Balaban J connectivity index is 3.28. The molecule has 0 radical (unpaired) electrons. The molecule has 26 heavy (non-hydrogen) atoms. The van der Waals surface area contributed by atoms with E-state index in [0.717, 1.165) is 25.6 Å². The monoisotopic (exact) mass is 389 g/mol. The van der Waals surface area contributed by atoms with E-state index < -0.39 is 47.7 Å². The molecule has 1 rings (SSSR count). The zero-order valence-electron chi connectivity index (χ0n) is 14.6. The van der Waals surface area contributed by atoms with Gasteiger partial charge in [-0.05, 0) is 5.53 Å². The molecular weight excluding hydrogens is 370 g/mol. The van der Waals surface area contributed by atoms with Gasteiger partial charge < -0.3 is 18.9 Å². The number of hydrogen-bond acceptors (Lipinski definition) is 10. The lowest BCUT2D eigenvalue weighted by molar-refractivity contribution is -0.237. The van der Waals surface area contributed by atoms with Crippen molar-refractivity contribution in [1.29, 1.82) is 0 Å². The first-order valence-corrected chi connectivity index (χ1v) is 8.38. The quantitative estimate of drug-likeness (QED) is 0.213. The maximum Gasteiger partial charge on any atom is 0.304 e. The molecule has 11 nitrogen and oxygen atoms in total. The molecular formula is C14H19N3O8S. The molecule has 0 aromatic rings. The molecule has 0 aromatic heterocycles. The first-order valence-electron chi connectivity index (χ1n) is 7.50. The van der Waals surface area contributed by atoms with Gasteiger partial charge in [-0.25, -0.2) is 0 Å². The fourth-order valence-electron chi connectivity index (χ4n) is 2.33. The Kier molecular flexibility index (Phi) is 8.36. The van der Waals surface area contributed by atoms with Crippen molar-refractivity contribution in [2.75, 3.05) is 6.61 Å². The summed E-state index contributed by atoms with van der Waals surface area (Å²) in [6, 6.07) is -1.14. The summed E-state index contributed by atoms with van der Waals surface area (Å²) in [6.07, 6.45) is -3.45. The maximum atomic E-state index is 11.6. The molecule has 0 N–H and O–H groups in total. The van der Waals surface area contributed by atoms with Crippen LogP contribution in [0, 0.1) is 0 Å². The summed E-state index contributed by atoms with van der Waals surface area (Å²) in [7, 11) is 0. The van der Waals surface area contributed by atoms with E-state index in [0.29, 0.717) is 0 Å². The number of esters is 3. The third kappa shape index (κ3) is 6.54. The second-order valence-electron chi connectivity index (χ2n) is 5.30. The predicted molar refractivity (Wildman–Crippen MR) is 87.6 cm³/mol. The SMILES string of the molecule is CC(=O)OC[C@H]1O[C@H](OC(C)=O)[C@@H](N=[N+]=[N-])[C@@H](SC(C)=O)[C@@H]1OC(C)=O. The maximum absolute atomic E-state index is 11.6. The van der Waals surface area contributed by atoms with Crippen molar-refractivity contribution in [3.8, 4) is 0 Å². The fourth-order valence-corrected chi connectivity index (χ4v) is 3.40. The van der Waals surface area contributed by atoms with Crippen LogP contribution in [0.25, 0.3) is 10.4 Å². The number of nitrogens with zero attached hydrogens (tertiary/aromatic N) is 3. The third-order valence-electron chi connectivity index (χ3n) is 3.14. The van der Waals surface area contributed by atoms with Gasteiger partial charge in [-0.2, -0.15) is 0 Å². The molecule has 0 saturated carbocycles. The van der Waals surface area contributed by atoms with Crippen molar-refractivity contribution in [1.82, 2.24) is 0 Å². The highest BCUT2D eigenvalue weighted by Gasteiger charge is 2.50. The summed E-state index contributed by atoms with van der Waals surface area (Å²) in [5.41, 5.74) is 8.82. The lowest BCUT2D eigenvalue weighted by atomic mass is 10.00. The topological polar surface area (TPSA) is 154 Å². The normalized spacial score (nSPS) is 27.6. The molecule has 12 heteroatoms. The van der Waals surface area contributed by atoms with Crippen molar-refractivity contribution >= 4 is 34.8 Å². The highest BCUT2D eigenvalue weighted by molar-refractivity contribution is 8.14. The van der Waals surface area contributed by atoms with E-state index >= 15 is 0 Å². The summed E-state index contributed by atoms with van der Waals surface area (Å²) in [6.45, 7) is 4.42. The Morgan fingerprint density at radius 3 is 2.15 bits per heavy atom. The van der Waals surface area contributed by atoms with Crippen LogP contribution in [0.4, 0.5) is 0 Å². The molecule has 1 aliphatic heterocycles. The molecule has 144 valence electrons. The second kappa shape index (κ2) is 10.00. The van der Waals surface area contributed by atoms with E-state index in [1.807, 2.05) is 0 Å². The highest BCUT2D eigenvalue weighted by atomic mass is 32.2. The number of thioether (sulfide) groups is 1. The van der Waals surface area contributed by atoms with E-state index in [1.54, 1.807) is 0 Å². The summed E-state index contributed by atoms with van der Waals surface area (Å²) in [5.74, 6) is -1.99. The number of azide groups is 1. The van der Waals surface area contributed by atoms with Crippen LogP contribution in [-0.2, 0) is 38.1 Å². The van der Waals surface area contributed by atoms with Gasteiger partial charge in [0.25, 0.3) is 0 Å². The van der Waals surface area contributed by atoms with Gasteiger partial charge in [0.1, 0.15) is 24.9 Å². The molecule has 1 aliphatic rings. The van der Waals surface area contributed by atoms with Crippen LogP contribution in [0.15, 0.2) is 5.11 Å². The summed E-state index contributed by atoms with van der Waals surface area (Å²) in [5, 5.41) is 2.29. The fraction of sp³-hybridized carbons (Fsp3) is 0.714. The minimum atomic E-state index is -1.34. The molecule has 0 aliphatic carbocycles. The number of rotatable bonds is 6. The smallest absolute Gasteiger partial charge is 0.304 e. The van der Waals surface area contributed by atoms with Crippen LogP contribution in [-0.4, -0.2) is 59.4 Å². The van der Waals surface area contributed by atoms with Gasteiger partial charge in [0.05, 0.1) is 5.25 Å². The van der Waals surface area contributed by atoms with Crippen LogP contribution in [0.2, 0.25) is 0 Å². The number of carbonyl (C=O) groups is 4. The van der Waals surface area contributed by atoms with E-state index in [2.05, 4.69) is 10.0 Å². The van der Waals surface area contributed by atoms with Gasteiger partial charge >= 0.3 is 17.9 Å². The minimum absolute atomic E-state index is 0.316. The first kappa shape index (κ1) is 21.7. The van der Waals surface area contributed by atoms with Gasteiger partial charge in [-0.3, -0.25) is 19.2 Å². The van der Waals surface area contributed by atoms with Crippen molar-refractivity contribution in [2.24, 2.45) is 5.11 Å². The Bertz CT molecular complexity index is 621. The largest absolute Gasteiger partial charge is 0.463 e. The second-order valence-corrected chi connectivity index (χ2v) is 6.65. The number of hydrogen-bond donors (Lipinski definition) is 0. The number of carbonyl (C=O) groups excluding carboxylic acids is 4. The van der Waals surface area contributed by atoms with Gasteiger partial charge in [-0.15, -0.1) is 0 Å². The lowest BCUT2D eigenvalue weighted by Crippen LogP contribution is -2.59. The average molecular weight is 389 g/mol. The zero-order valence-corrected chi connectivity index (χ0v) is 15.4. The van der Waals surface area contributed by atoms with Gasteiger partial charge in [0, 0.05) is 32.6 Å². The third-order valence-corrected chi connectivity index (χ3v) is 4.29. The molecule has 1 heterocycles. The molecule has 0 unspecified atom stereocenters. The van der Waals surface area contributed by atoms with Crippen molar-refractivity contribution < 1.29 is 38.1 Å². The lowest BCUT2D eigenvalue weighted by Gasteiger charge is -2.42. The highest BCUT2D eigenvalue weighted by Crippen LogP contribution is 2.35. The van der Waals surface area contributed by atoms with Gasteiger partial charge in [-0.1, -0.05) is 16.9 Å². The van der Waals surface area contributed by atoms with Crippen LogP contribution >= 0.6 is 11.8 Å². The molecule has 0 aromatic carbocycles.